The van der Waals surface area contributed by atoms with Crippen molar-refractivity contribution in [3.63, 3.8) is 0 Å². The maximum absolute atomic E-state index is 12.8. The second-order valence-corrected chi connectivity index (χ2v) is 4.12. The molecule has 4 heteroatoms. The Kier molecular flexibility index (Phi) is 3.19. The molecule has 2 unspecified atom stereocenters. The number of anilines is 1. The summed E-state index contributed by atoms with van der Waals surface area (Å²) in [6, 6.07) is 5.87. The summed E-state index contributed by atoms with van der Waals surface area (Å²) in [4.78, 5) is 12.8. The molecule has 1 aliphatic heterocycles. The van der Waals surface area contributed by atoms with Crippen LogP contribution >= 0.6 is 0 Å². The minimum atomic E-state index is -0.288. The van der Waals surface area contributed by atoms with E-state index in [1.54, 1.807) is 12.1 Å². The molecule has 3 nitrogen and oxygen atoms in total. The van der Waals surface area contributed by atoms with Crippen LogP contribution in [0.25, 0.3) is 0 Å². The van der Waals surface area contributed by atoms with Gasteiger partial charge in [-0.2, -0.15) is 0 Å². The van der Waals surface area contributed by atoms with E-state index in [0.29, 0.717) is 13.0 Å². The van der Waals surface area contributed by atoms with Crippen molar-refractivity contribution < 1.29 is 14.3 Å². The van der Waals surface area contributed by atoms with Crippen LogP contribution in [0.2, 0.25) is 0 Å². The van der Waals surface area contributed by atoms with Gasteiger partial charge in [-0.05, 0) is 30.7 Å². The van der Waals surface area contributed by atoms with Crippen molar-refractivity contribution in [1.29, 1.82) is 0 Å². The summed E-state index contributed by atoms with van der Waals surface area (Å²) in [7, 11) is 0. The molecule has 2 rings (SSSR count). The Balaban J connectivity index is 2.19. The van der Waals surface area contributed by atoms with E-state index in [0.717, 1.165) is 12.0 Å². The lowest BCUT2D eigenvalue weighted by molar-refractivity contribution is -0.108. The lowest BCUT2D eigenvalue weighted by Gasteiger charge is -2.22. The lowest BCUT2D eigenvalue weighted by atomic mass is 10.1. The van der Waals surface area contributed by atoms with Gasteiger partial charge in [-0.3, -0.25) is 0 Å². The summed E-state index contributed by atoms with van der Waals surface area (Å²) >= 11 is 0. The average molecular weight is 223 g/mol. The van der Waals surface area contributed by atoms with Crippen LogP contribution in [-0.2, 0) is 4.79 Å². The van der Waals surface area contributed by atoms with E-state index in [9.17, 15) is 9.18 Å². The molecule has 1 aromatic carbocycles. The Labute approximate surface area is 93.5 Å². The molecule has 0 radical (unpaired) electrons. The van der Waals surface area contributed by atoms with Gasteiger partial charge >= 0.3 is 0 Å². The molecule has 0 saturated carbocycles. The number of benzene rings is 1. The molecule has 2 atom stereocenters. The van der Waals surface area contributed by atoms with E-state index in [-0.39, 0.29) is 24.4 Å². The predicted octanol–water partition coefficient (Wildman–Crippen LogP) is 1.21. The van der Waals surface area contributed by atoms with Crippen molar-refractivity contribution in [3.8, 4) is 0 Å². The van der Waals surface area contributed by atoms with E-state index < -0.39 is 0 Å². The second kappa shape index (κ2) is 4.61. The summed E-state index contributed by atoms with van der Waals surface area (Å²) in [6.07, 6.45) is 1.55. The maximum atomic E-state index is 12.8. The average Bonchev–Trinajstić information content (AvgIpc) is 2.73. The van der Waals surface area contributed by atoms with Crippen molar-refractivity contribution in [2.45, 2.75) is 12.5 Å². The zero-order valence-corrected chi connectivity index (χ0v) is 8.84. The quantitative estimate of drug-likeness (QED) is 0.783. The SMILES string of the molecule is O=CC1CC(CO)CN1c1ccc(F)cc1. The number of nitrogens with zero attached hydrogens (tertiary/aromatic N) is 1. The number of carbonyl (C=O) groups is 1. The lowest BCUT2D eigenvalue weighted by Crippen LogP contribution is -2.30. The van der Waals surface area contributed by atoms with Gasteiger partial charge in [0, 0.05) is 24.8 Å². The number of rotatable bonds is 3. The van der Waals surface area contributed by atoms with Crippen LogP contribution in [0.4, 0.5) is 10.1 Å². The molecule has 0 aliphatic carbocycles. The molecular weight excluding hydrogens is 209 g/mol. The summed E-state index contributed by atoms with van der Waals surface area (Å²) in [5.41, 5.74) is 0.828. The van der Waals surface area contributed by atoms with Crippen molar-refractivity contribution in [3.05, 3.63) is 30.1 Å². The summed E-state index contributed by atoms with van der Waals surface area (Å²) in [6.45, 7) is 0.730. The molecular formula is C12H14FNO2. The molecule has 1 N–H and O–H groups in total. The third kappa shape index (κ3) is 2.07. The number of aldehydes is 1. The third-order valence-electron chi connectivity index (χ3n) is 3.00. The molecule has 1 aliphatic rings. The highest BCUT2D eigenvalue weighted by atomic mass is 19.1. The second-order valence-electron chi connectivity index (χ2n) is 4.12. The first kappa shape index (κ1) is 11.1. The Morgan fingerprint density at radius 2 is 2.12 bits per heavy atom. The van der Waals surface area contributed by atoms with Crippen LogP contribution in [0.1, 0.15) is 6.42 Å². The molecule has 0 bridgehead atoms. The predicted molar refractivity (Wildman–Crippen MR) is 58.8 cm³/mol. The topological polar surface area (TPSA) is 40.5 Å². The van der Waals surface area contributed by atoms with Gasteiger partial charge in [0.1, 0.15) is 12.1 Å². The van der Waals surface area contributed by atoms with E-state index in [1.165, 1.54) is 12.1 Å². The van der Waals surface area contributed by atoms with Crippen molar-refractivity contribution in [2.24, 2.45) is 5.92 Å². The van der Waals surface area contributed by atoms with Crippen LogP contribution in [0.5, 0.6) is 0 Å². The first-order valence-electron chi connectivity index (χ1n) is 5.33. The summed E-state index contributed by atoms with van der Waals surface area (Å²) in [5.74, 6) is -0.162. The van der Waals surface area contributed by atoms with E-state index in [1.807, 2.05) is 4.90 Å². The fraction of sp³-hybridized carbons (Fsp3) is 0.417. The van der Waals surface area contributed by atoms with Crippen LogP contribution in [0.3, 0.4) is 0 Å². The minimum Gasteiger partial charge on any atom is -0.396 e. The van der Waals surface area contributed by atoms with Crippen LogP contribution in [0.15, 0.2) is 24.3 Å². The van der Waals surface area contributed by atoms with E-state index >= 15 is 0 Å². The first-order valence-corrected chi connectivity index (χ1v) is 5.33. The number of aliphatic hydroxyl groups excluding tert-OH is 1. The number of aliphatic hydroxyl groups is 1. The molecule has 86 valence electrons. The largest absolute Gasteiger partial charge is 0.396 e. The normalized spacial score (nSPS) is 24.8. The number of hydrogen-bond acceptors (Lipinski definition) is 3. The van der Waals surface area contributed by atoms with Crippen molar-refractivity contribution in [1.82, 2.24) is 0 Å². The highest BCUT2D eigenvalue weighted by molar-refractivity contribution is 5.67. The van der Waals surface area contributed by atoms with Gasteiger partial charge < -0.3 is 14.8 Å². The number of carbonyl (C=O) groups excluding carboxylic acids is 1. The van der Waals surface area contributed by atoms with Gasteiger partial charge in [-0.1, -0.05) is 0 Å². The van der Waals surface area contributed by atoms with E-state index in [4.69, 9.17) is 5.11 Å². The Morgan fingerprint density at radius 3 is 2.69 bits per heavy atom. The standard InChI is InChI=1S/C12H14FNO2/c13-10-1-3-11(4-2-10)14-6-9(7-15)5-12(14)8-16/h1-4,8-9,12,15H,5-7H2. The van der Waals surface area contributed by atoms with Gasteiger partial charge in [-0.15, -0.1) is 0 Å². The van der Waals surface area contributed by atoms with E-state index in [2.05, 4.69) is 0 Å². The Hall–Kier alpha value is -1.42. The summed E-state index contributed by atoms with van der Waals surface area (Å²) < 4.78 is 12.8. The first-order chi connectivity index (χ1) is 7.74. The monoisotopic (exact) mass is 223 g/mol. The van der Waals surface area contributed by atoms with Crippen molar-refractivity contribution in [2.75, 3.05) is 18.1 Å². The molecule has 1 aromatic rings. The molecule has 1 heterocycles. The van der Waals surface area contributed by atoms with Gasteiger partial charge in [0.2, 0.25) is 0 Å². The minimum absolute atomic E-state index is 0.0854. The molecule has 16 heavy (non-hydrogen) atoms. The fourth-order valence-corrected chi connectivity index (χ4v) is 2.15. The van der Waals surface area contributed by atoms with Crippen LogP contribution in [-0.4, -0.2) is 30.6 Å². The maximum Gasteiger partial charge on any atom is 0.142 e. The zero-order chi connectivity index (χ0) is 11.5. The molecule has 1 fully saturated rings. The van der Waals surface area contributed by atoms with Gasteiger partial charge in [-0.25, -0.2) is 4.39 Å². The smallest absolute Gasteiger partial charge is 0.142 e. The fourth-order valence-electron chi connectivity index (χ4n) is 2.15. The highest BCUT2D eigenvalue weighted by Gasteiger charge is 2.31. The molecule has 0 aromatic heterocycles. The van der Waals surface area contributed by atoms with Crippen LogP contribution < -0.4 is 4.90 Å². The zero-order valence-electron chi connectivity index (χ0n) is 8.84. The Morgan fingerprint density at radius 1 is 1.44 bits per heavy atom. The van der Waals surface area contributed by atoms with Crippen molar-refractivity contribution >= 4 is 12.0 Å². The van der Waals surface area contributed by atoms with Crippen LogP contribution in [0, 0.1) is 11.7 Å². The molecule has 1 saturated heterocycles. The van der Waals surface area contributed by atoms with Gasteiger partial charge in [0.15, 0.2) is 0 Å². The third-order valence-corrected chi connectivity index (χ3v) is 3.00. The molecule has 0 amide bonds. The summed E-state index contributed by atoms with van der Waals surface area (Å²) in [5, 5.41) is 9.09. The van der Waals surface area contributed by atoms with Gasteiger partial charge in [0.25, 0.3) is 0 Å². The Bertz CT molecular complexity index is 366. The highest BCUT2D eigenvalue weighted by Crippen LogP contribution is 2.28. The number of hydrogen-bond donors (Lipinski definition) is 1. The molecule has 0 spiro atoms. The number of halogens is 1. The van der Waals surface area contributed by atoms with Gasteiger partial charge in [0.05, 0.1) is 6.04 Å².